The van der Waals surface area contributed by atoms with E-state index < -0.39 is 0 Å². The lowest BCUT2D eigenvalue weighted by Crippen LogP contribution is -2.26. The minimum atomic E-state index is -0.0139. The molecule has 0 saturated heterocycles. The number of aliphatic hydroxyl groups is 1. The van der Waals surface area contributed by atoms with Gasteiger partial charge < -0.3 is 16.2 Å². The van der Waals surface area contributed by atoms with Crippen LogP contribution in [0.25, 0.3) is 0 Å². The summed E-state index contributed by atoms with van der Waals surface area (Å²) in [5.74, 6) is 1.43. The van der Waals surface area contributed by atoms with Crippen LogP contribution in [0.1, 0.15) is 46.1 Å². The maximum absolute atomic E-state index is 8.55. The lowest BCUT2D eigenvalue weighted by atomic mass is 10.0. The first kappa shape index (κ1) is 23.4. The summed E-state index contributed by atoms with van der Waals surface area (Å²) in [6, 6.07) is 10.2. The molecule has 0 aliphatic heterocycles. The summed E-state index contributed by atoms with van der Waals surface area (Å²) in [7, 11) is 1.97. The van der Waals surface area contributed by atoms with Gasteiger partial charge in [-0.05, 0) is 38.8 Å². The molecule has 0 heterocycles. The summed E-state index contributed by atoms with van der Waals surface area (Å²) in [6.45, 7) is 12.0. The Morgan fingerprint density at radius 1 is 1.14 bits per heavy atom. The quantitative estimate of drug-likeness (QED) is 0.752. The van der Waals surface area contributed by atoms with Gasteiger partial charge in [0.1, 0.15) is 0 Å². The highest BCUT2D eigenvalue weighted by atomic mass is 16.3. The lowest BCUT2D eigenvalue weighted by Gasteiger charge is -2.12. The fourth-order valence-electron chi connectivity index (χ4n) is 1.70. The zero-order valence-corrected chi connectivity index (χ0v) is 15.5. The molecule has 3 nitrogen and oxygen atoms in total. The SMILES string of the molecule is CCC(C)CC(N)CO.CNCC(C)C.Cc1ccccc1. The second-order valence-electron chi connectivity index (χ2n) is 6.30. The van der Waals surface area contributed by atoms with Gasteiger partial charge in [0.05, 0.1) is 6.61 Å². The fourth-order valence-corrected chi connectivity index (χ4v) is 1.70. The molecule has 0 aliphatic rings. The molecular weight excluding hydrogens is 272 g/mol. The summed E-state index contributed by atoms with van der Waals surface area (Å²) >= 11 is 0. The Morgan fingerprint density at radius 2 is 1.68 bits per heavy atom. The normalized spacial score (nSPS) is 12.6. The average molecular weight is 311 g/mol. The van der Waals surface area contributed by atoms with Crippen molar-refractivity contribution in [2.24, 2.45) is 17.6 Å². The van der Waals surface area contributed by atoms with E-state index in [0.717, 1.165) is 25.3 Å². The van der Waals surface area contributed by atoms with Crippen molar-refractivity contribution in [1.29, 1.82) is 0 Å². The van der Waals surface area contributed by atoms with Crippen molar-refractivity contribution >= 4 is 0 Å². The third-order valence-electron chi connectivity index (χ3n) is 3.19. The van der Waals surface area contributed by atoms with E-state index in [9.17, 15) is 0 Å². The second kappa shape index (κ2) is 16.5. The van der Waals surface area contributed by atoms with Crippen LogP contribution in [0, 0.1) is 18.8 Å². The van der Waals surface area contributed by atoms with Crippen LogP contribution in [0.4, 0.5) is 0 Å². The number of hydrogen-bond donors (Lipinski definition) is 3. The molecule has 0 radical (unpaired) electrons. The first-order chi connectivity index (χ1) is 10.4. The van der Waals surface area contributed by atoms with Gasteiger partial charge in [-0.15, -0.1) is 0 Å². The van der Waals surface area contributed by atoms with Gasteiger partial charge in [-0.1, -0.05) is 70.0 Å². The molecule has 4 N–H and O–H groups in total. The van der Waals surface area contributed by atoms with Crippen molar-refractivity contribution in [2.75, 3.05) is 20.2 Å². The van der Waals surface area contributed by atoms with Crippen LogP contribution in [0.15, 0.2) is 30.3 Å². The molecule has 1 rings (SSSR count). The lowest BCUT2D eigenvalue weighted by molar-refractivity contribution is 0.246. The molecule has 130 valence electrons. The Bertz CT molecular complexity index is 306. The van der Waals surface area contributed by atoms with Crippen LogP contribution in [0.2, 0.25) is 0 Å². The molecule has 0 saturated carbocycles. The molecule has 1 aromatic rings. The topological polar surface area (TPSA) is 58.3 Å². The van der Waals surface area contributed by atoms with Gasteiger partial charge in [0.15, 0.2) is 0 Å². The number of rotatable bonds is 6. The predicted octanol–water partition coefficient (Wildman–Crippen LogP) is 3.60. The number of benzene rings is 1. The molecule has 0 aliphatic carbocycles. The third-order valence-corrected chi connectivity index (χ3v) is 3.19. The molecule has 0 bridgehead atoms. The zero-order chi connectivity index (χ0) is 17.4. The first-order valence-corrected chi connectivity index (χ1v) is 8.39. The van der Waals surface area contributed by atoms with Gasteiger partial charge in [0.25, 0.3) is 0 Å². The zero-order valence-electron chi connectivity index (χ0n) is 15.5. The van der Waals surface area contributed by atoms with E-state index in [0.29, 0.717) is 5.92 Å². The Kier molecular flexibility index (Phi) is 17.5. The van der Waals surface area contributed by atoms with Crippen LogP contribution < -0.4 is 11.1 Å². The molecule has 3 heteroatoms. The average Bonchev–Trinajstić information content (AvgIpc) is 2.49. The van der Waals surface area contributed by atoms with Gasteiger partial charge in [-0.2, -0.15) is 0 Å². The smallest absolute Gasteiger partial charge is 0.0582 e. The van der Waals surface area contributed by atoms with Gasteiger partial charge >= 0.3 is 0 Å². The summed E-state index contributed by atoms with van der Waals surface area (Å²) in [4.78, 5) is 0. The van der Waals surface area contributed by atoms with Crippen molar-refractivity contribution < 1.29 is 5.11 Å². The van der Waals surface area contributed by atoms with Crippen molar-refractivity contribution in [3.8, 4) is 0 Å². The Labute approximate surface area is 138 Å². The predicted molar refractivity (Wildman–Crippen MR) is 99.1 cm³/mol. The maximum atomic E-state index is 8.55. The molecule has 0 spiro atoms. The summed E-state index contributed by atoms with van der Waals surface area (Å²) in [5.41, 5.74) is 6.82. The molecule has 0 amide bonds. The van der Waals surface area contributed by atoms with E-state index in [1.165, 1.54) is 5.56 Å². The number of aryl methyl sites for hydroxylation is 1. The van der Waals surface area contributed by atoms with Crippen molar-refractivity contribution in [3.63, 3.8) is 0 Å². The van der Waals surface area contributed by atoms with E-state index in [-0.39, 0.29) is 12.6 Å². The van der Waals surface area contributed by atoms with Gasteiger partial charge in [0, 0.05) is 6.04 Å². The highest BCUT2D eigenvalue weighted by Gasteiger charge is 2.04. The Morgan fingerprint density at radius 3 is 1.91 bits per heavy atom. The highest BCUT2D eigenvalue weighted by molar-refractivity contribution is 5.11. The second-order valence-corrected chi connectivity index (χ2v) is 6.30. The molecule has 2 atom stereocenters. The Hall–Kier alpha value is -0.900. The monoisotopic (exact) mass is 310 g/mol. The standard InChI is InChI=1S/C7H17NO.C7H8.C5H13N/c1-3-6(2)4-7(8)5-9;1-7-5-3-2-4-6-7;1-5(2)4-6-3/h6-7,9H,3-5,8H2,1-2H3;2-6H,1H3;5-6H,4H2,1-3H3. The Balaban J connectivity index is 0. The van der Waals surface area contributed by atoms with Crippen molar-refractivity contribution in [3.05, 3.63) is 35.9 Å². The molecule has 1 aromatic carbocycles. The van der Waals surface area contributed by atoms with E-state index in [4.69, 9.17) is 10.8 Å². The molecule has 2 unspecified atom stereocenters. The van der Waals surface area contributed by atoms with Crippen LogP contribution in [-0.2, 0) is 0 Å². The third kappa shape index (κ3) is 19.1. The number of nitrogens with two attached hydrogens (primary N) is 1. The van der Waals surface area contributed by atoms with Crippen molar-refractivity contribution in [1.82, 2.24) is 5.32 Å². The van der Waals surface area contributed by atoms with Crippen LogP contribution in [0.5, 0.6) is 0 Å². The number of aliphatic hydroxyl groups excluding tert-OH is 1. The first-order valence-electron chi connectivity index (χ1n) is 8.39. The van der Waals surface area contributed by atoms with Gasteiger partial charge in [-0.3, -0.25) is 0 Å². The maximum Gasteiger partial charge on any atom is 0.0582 e. The van der Waals surface area contributed by atoms with Crippen LogP contribution in [0.3, 0.4) is 0 Å². The fraction of sp³-hybridized carbons (Fsp3) is 0.684. The minimum absolute atomic E-state index is 0.0139. The van der Waals surface area contributed by atoms with Crippen LogP contribution >= 0.6 is 0 Å². The van der Waals surface area contributed by atoms with E-state index in [2.05, 4.69) is 52.1 Å². The summed E-state index contributed by atoms with van der Waals surface area (Å²) in [6.07, 6.45) is 2.08. The van der Waals surface area contributed by atoms with Crippen molar-refractivity contribution in [2.45, 2.75) is 53.5 Å². The minimum Gasteiger partial charge on any atom is -0.395 e. The van der Waals surface area contributed by atoms with E-state index in [1.807, 2.05) is 25.2 Å². The highest BCUT2D eigenvalue weighted by Crippen LogP contribution is 2.07. The molecule has 0 fully saturated rings. The van der Waals surface area contributed by atoms with Crippen LogP contribution in [-0.4, -0.2) is 31.3 Å². The van der Waals surface area contributed by atoms with E-state index >= 15 is 0 Å². The summed E-state index contributed by atoms with van der Waals surface area (Å²) in [5, 5.41) is 11.6. The molecule has 0 aromatic heterocycles. The molecule has 22 heavy (non-hydrogen) atoms. The molecular formula is C19H38N2O. The largest absolute Gasteiger partial charge is 0.395 e. The summed E-state index contributed by atoms with van der Waals surface area (Å²) < 4.78 is 0. The number of hydrogen-bond acceptors (Lipinski definition) is 3. The van der Waals surface area contributed by atoms with Gasteiger partial charge in [-0.25, -0.2) is 0 Å². The number of nitrogens with one attached hydrogen (secondary N) is 1. The van der Waals surface area contributed by atoms with Gasteiger partial charge in [0.2, 0.25) is 0 Å². The van der Waals surface area contributed by atoms with E-state index in [1.54, 1.807) is 0 Å².